The van der Waals surface area contributed by atoms with Gasteiger partial charge in [0.25, 0.3) is 0 Å². The fourth-order valence-electron chi connectivity index (χ4n) is 7.57. The lowest BCUT2D eigenvalue weighted by Crippen LogP contribution is -2.14. The lowest BCUT2D eigenvalue weighted by atomic mass is 9.77. The average Bonchev–Trinajstić information content (AvgIpc) is 3.29. The van der Waals surface area contributed by atoms with E-state index >= 15 is 0 Å². The molecule has 5 nitrogen and oxygen atoms in total. The first-order valence-electron chi connectivity index (χ1n) is 19.5. The van der Waals surface area contributed by atoms with E-state index in [-0.39, 0.29) is 0 Å². The summed E-state index contributed by atoms with van der Waals surface area (Å²) in [5, 5.41) is 0. The van der Waals surface area contributed by atoms with Gasteiger partial charge >= 0.3 is 0 Å². The number of hydrogen-bond donors (Lipinski definition) is 0. The second-order valence-electron chi connectivity index (χ2n) is 14.7. The topological polar surface area (TPSA) is 64.5 Å². The maximum atomic E-state index is 5.48. The number of aromatic nitrogens is 5. The molecule has 0 N–H and O–H groups in total. The minimum atomic E-state index is 0.398. The lowest BCUT2D eigenvalue weighted by molar-refractivity contribution is 0.538. The number of allylic oxidation sites excluding steroid dienone is 4. The molecule has 0 saturated heterocycles. The van der Waals surface area contributed by atoms with Gasteiger partial charge in [-0.05, 0) is 42.0 Å². The van der Waals surface area contributed by atoms with Gasteiger partial charge in [-0.15, -0.1) is 0 Å². The van der Waals surface area contributed by atoms with E-state index < -0.39 is 0 Å². The minimum absolute atomic E-state index is 0.398. The Hall–Kier alpha value is -7.11. The molecule has 274 valence electrons. The quantitative estimate of drug-likeness (QED) is 0.155. The zero-order chi connectivity index (χ0) is 38.7. The summed E-state index contributed by atoms with van der Waals surface area (Å²) >= 11 is 0. The molecule has 9 rings (SSSR count). The van der Waals surface area contributed by atoms with Crippen LogP contribution < -0.4 is 0 Å². The molecule has 6 aromatic carbocycles. The van der Waals surface area contributed by atoms with Crippen LogP contribution in [-0.4, -0.2) is 24.9 Å². The molecule has 2 atom stereocenters. The molecule has 0 saturated carbocycles. The summed E-state index contributed by atoms with van der Waals surface area (Å²) in [4.78, 5) is 26.2. The molecule has 5 heteroatoms. The van der Waals surface area contributed by atoms with Crippen molar-refractivity contribution in [1.82, 2.24) is 24.9 Å². The molecule has 0 spiro atoms. The van der Waals surface area contributed by atoms with Crippen molar-refractivity contribution in [2.45, 2.75) is 20.8 Å². The highest BCUT2D eigenvalue weighted by atomic mass is 15.0. The Bertz CT molecular complexity index is 2760. The molecule has 57 heavy (non-hydrogen) atoms. The van der Waals surface area contributed by atoms with Crippen molar-refractivity contribution in [3.63, 3.8) is 0 Å². The van der Waals surface area contributed by atoms with Crippen molar-refractivity contribution in [3.05, 3.63) is 193 Å². The smallest absolute Gasteiger partial charge is 0.164 e. The van der Waals surface area contributed by atoms with Crippen LogP contribution in [0.5, 0.6) is 0 Å². The van der Waals surface area contributed by atoms with Gasteiger partial charge in [0.15, 0.2) is 17.5 Å². The zero-order valence-electron chi connectivity index (χ0n) is 32.2. The fourth-order valence-corrected chi connectivity index (χ4v) is 7.57. The third-order valence-electron chi connectivity index (χ3n) is 11.0. The van der Waals surface area contributed by atoms with Gasteiger partial charge in [0, 0.05) is 38.9 Å². The largest absolute Gasteiger partial charge is 0.243 e. The number of hydrogen-bond acceptors (Lipinski definition) is 5. The molecule has 2 heterocycles. The van der Waals surface area contributed by atoms with Crippen LogP contribution in [0.2, 0.25) is 0 Å². The molecule has 1 aliphatic rings. The molecule has 0 aliphatic heterocycles. The van der Waals surface area contributed by atoms with Gasteiger partial charge < -0.3 is 0 Å². The van der Waals surface area contributed by atoms with Crippen LogP contribution in [-0.2, 0) is 0 Å². The number of benzene rings is 6. The third-order valence-corrected chi connectivity index (χ3v) is 11.0. The molecule has 1 unspecified atom stereocenters. The summed E-state index contributed by atoms with van der Waals surface area (Å²) in [7, 11) is 0. The van der Waals surface area contributed by atoms with Crippen molar-refractivity contribution in [1.29, 1.82) is 0 Å². The van der Waals surface area contributed by atoms with Gasteiger partial charge in [0.1, 0.15) is 0 Å². The third kappa shape index (κ3) is 7.24. The highest BCUT2D eigenvalue weighted by Crippen LogP contribution is 2.40. The molecule has 1 aliphatic carbocycles. The summed E-state index contributed by atoms with van der Waals surface area (Å²) in [6.45, 7) is 6.83. The van der Waals surface area contributed by atoms with Gasteiger partial charge in [-0.25, -0.2) is 24.9 Å². The summed E-state index contributed by atoms with van der Waals surface area (Å²) in [5.74, 6) is 2.70. The summed E-state index contributed by atoms with van der Waals surface area (Å²) in [5.41, 5.74) is 13.8. The van der Waals surface area contributed by atoms with E-state index in [0.717, 1.165) is 61.7 Å². The molecular weight excluding hydrogens is 695 g/mol. The Morgan fingerprint density at radius 1 is 0.316 bits per heavy atom. The first-order chi connectivity index (χ1) is 28.0. The second kappa shape index (κ2) is 15.6. The molecule has 0 amide bonds. The van der Waals surface area contributed by atoms with Crippen LogP contribution in [0.3, 0.4) is 0 Å². The molecule has 0 bridgehead atoms. The van der Waals surface area contributed by atoms with Crippen molar-refractivity contribution in [2.75, 3.05) is 0 Å². The minimum Gasteiger partial charge on any atom is -0.243 e. The van der Waals surface area contributed by atoms with Gasteiger partial charge in [-0.1, -0.05) is 189 Å². The molecule has 0 fully saturated rings. The van der Waals surface area contributed by atoms with Crippen LogP contribution in [0.4, 0.5) is 0 Å². The average molecular weight is 736 g/mol. The molecule has 8 aromatic rings. The van der Waals surface area contributed by atoms with Gasteiger partial charge in [0.05, 0.1) is 22.8 Å². The van der Waals surface area contributed by atoms with Crippen molar-refractivity contribution in [2.24, 2.45) is 11.8 Å². The van der Waals surface area contributed by atoms with Gasteiger partial charge in [-0.2, -0.15) is 0 Å². The lowest BCUT2D eigenvalue weighted by Gasteiger charge is -2.27. The molecular formula is C52H41N5. The van der Waals surface area contributed by atoms with Crippen LogP contribution in [0.25, 0.3) is 84.8 Å². The van der Waals surface area contributed by atoms with Gasteiger partial charge in [-0.3, -0.25) is 0 Å². The highest BCUT2D eigenvalue weighted by molar-refractivity contribution is 5.87. The van der Waals surface area contributed by atoms with E-state index in [1.54, 1.807) is 0 Å². The van der Waals surface area contributed by atoms with E-state index in [9.17, 15) is 0 Å². The Morgan fingerprint density at radius 3 is 1.14 bits per heavy atom. The summed E-state index contributed by atoms with van der Waals surface area (Å²) in [6.07, 6.45) is 4.51. The summed E-state index contributed by atoms with van der Waals surface area (Å²) in [6, 6.07) is 57.9. The standard InChI is InChI=1S/C52H41N5/c1-34-30-31-45(36(3)35(34)2)41-26-16-28-43(32-41)51-55-50(40-24-14-7-15-25-40)56-52(57-51)44-29-17-27-42(33-44)49-48(39-22-12-6-13-23-39)53-46(37-18-8-4-9-19-37)47(54-49)38-20-10-5-11-21-38/h4-33,35-36H,1-3H3/t35-,36?/m1/s1. The number of nitrogens with zero attached hydrogens (tertiary/aromatic N) is 5. The van der Waals surface area contributed by atoms with Crippen LogP contribution in [0, 0.1) is 11.8 Å². The second-order valence-corrected chi connectivity index (χ2v) is 14.7. The Kier molecular flexibility index (Phi) is 9.71. The maximum absolute atomic E-state index is 5.48. The van der Waals surface area contributed by atoms with Crippen LogP contribution >= 0.6 is 0 Å². The predicted molar refractivity (Wildman–Crippen MR) is 234 cm³/mol. The monoisotopic (exact) mass is 735 g/mol. The van der Waals surface area contributed by atoms with Crippen molar-refractivity contribution >= 4 is 5.57 Å². The predicted octanol–water partition coefficient (Wildman–Crippen LogP) is 12.9. The normalized spacial score (nSPS) is 15.1. The van der Waals surface area contributed by atoms with E-state index in [1.165, 1.54) is 16.7 Å². The first kappa shape index (κ1) is 35.6. The van der Waals surface area contributed by atoms with Gasteiger partial charge in [0.2, 0.25) is 0 Å². The highest BCUT2D eigenvalue weighted by Gasteiger charge is 2.24. The van der Waals surface area contributed by atoms with Crippen molar-refractivity contribution in [3.8, 4) is 79.2 Å². The van der Waals surface area contributed by atoms with E-state index in [4.69, 9.17) is 24.9 Å². The van der Waals surface area contributed by atoms with Crippen LogP contribution in [0.15, 0.2) is 188 Å². The Labute approximate surface area is 334 Å². The molecule has 2 aromatic heterocycles. The van der Waals surface area contributed by atoms with E-state index in [0.29, 0.717) is 29.3 Å². The summed E-state index contributed by atoms with van der Waals surface area (Å²) < 4.78 is 0. The molecule has 0 radical (unpaired) electrons. The Balaban J connectivity index is 1.21. The maximum Gasteiger partial charge on any atom is 0.164 e. The SMILES string of the molecule is CC1=CC=C(c2cccc(-c3nc(-c4ccccc4)nc(-c4cccc(-c5nc(-c6ccccc6)c(-c6ccccc6)nc5-c5ccccc5)c4)n3)c2)C(C)[C@@H]1C. The number of rotatable bonds is 8. The van der Waals surface area contributed by atoms with Crippen molar-refractivity contribution < 1.29 is 0 Å². The first-order valence-corrected chi connectivity index (χ1v) is 19.5. The Morgan fingerprint density at radius 2 is 0.667 bits per heavy atom. The zero-order valence-corrected chi connectivity index (χ0v) is 32.2. The van der Waals surface area contributed by atoms with Crippen LogP contribution in [0.1, 0.15) is 26.3 Å². The van der Waals surface area contributed by atoms with E-state index in [2.05, 4.69) is 112 Å². The van der Waals surface area contributed by atoms with E-state index in [1.807, 2.05) is 91.0 Å². The fraction of sp³-hybridized carbons (Fsp3) is 0.0962.